The lowest BCUT2D eigenvalue weighted by molar-refractivity contribution is 0.384. The molecular weight excluding hydrogens is 144 g/mol. The number of ether oxygens (including phenoxy) is 1. The van der Waals surface area contributed by atoms with Crippen LogP contribution in [0, 0.1) is 0 Å². The molecule has 1 N–H and O–H groups in total. The largest absolute Gasteiger partial charge is 0.369 e. The fourth-order valence-corrected chi connectivity index (χ4v) is 1.38. The minimum atomic E-state index is -3.82. The molecule has 1 aliphatic heterocycles. The molecule has 1 aliphatic rings. The van der Waals surface area contributed by atoms with Crippen LogP contribution in [0.1, 0.15) is 6.92 Å². The second-order valence-corrected chi connectivity index (χ2v) is 3.63. The molecule has 1 saturated heterocycles. The molecule has 9 heavy (non-hydrogen) atoms. The Morgan fingerprint density at radius 1 is 1.67 bits per heavy atom. The summed E-state index contributed by atoms with van der Waals surface area (Å²) in [6, 6.07) is 0. The van der Waals surface area contributed by atoms with Crippen molar-refractivity contribution in [3.63, 3.8) is 0 Å². The van der Waals surface area contributed by atoms with Crippen molar-refractivity contribution in [1.82, 2.24) is 0 Å². The summed E-state index contributed by atoms with van der Waals surface area (Å²) in [5.41, 5.74) is 0. The van der Waals surface area contributed by atoms with Crippen LogP contribution in [0.25, 0.3) is 0 Å². The van der Waals surface area contributed by atoms with E-state index >= 15 is 0 Å². The monoisotopic (exact) mass is 152 g/mol. The van der Waals surface area contributed by atoms with Gasteiger partial charge in [-0.05, 0) is 6.92 Å². The molecule has 4 nitrogen and oxygen atoms in total. The molecule has 1 heterocycles. The lowest BCUT2D eigenvalue weighted by atomic mass is 10.4. The molecule has 0 spiro atoms. The Kier molecular flexibility index (Phi) is 1.50. The molecule has 5 heteroatoms. The van der Waals surface area contributed by atoms with Crippen molar-refractivity contribution in [3.05, 3.63) is 0 Å². The Labute approximate surface area is 53.6 Å². The summed E-state index contributed by atoms with van der Waals surface area (Å²) in [6.07, 6.45) is -0.285. The predicted molar refractivity (Wildman–Crippen MR) is 30.8 cm³/mol. The highest BCUT2D eigenvalue weighted by molar-refractivity contribution is 7.85. The van der Waals surface area contributed by atoms with Gasteiger partial charge in [0.15, 0.2) is 0 Å². The van der Waals surface area contributed by atoms with Crippen molar-refractivity contribution < 1.29 is 17.7 Å². The zero-order valence-corrected chi connectivity index (χ0v) is 5.76. The molecule has 0 aromatic carbocycles. The van der Waals surface area contributed by atoms with E-state index in [1.165, 1.54) is 0 Å². The molecule has 2 unspecified atom stereocenters. The molecule has 0 amide bonds. The summed E-state index contributed by atoms with van der Waals surface area (Å²) < 4.78 is 33.2. The van der Waals surface area contributed by atoms with Gasteiger partial charge in [0.1, 0.15) is 11.9 Å². The minimum absolute atomic E-state index is 0.00748. The van der Waals surface area contributed by atoms with Gasteiger partial charge in [-0.15, -0.1) is 0 Å². The van der Waals surface area contributed by atoms with Crippen molar-refractivity contribution in [2.45, 2.75) is 19.1 Å². The predicted octanol–water partition coefficient (Wildman–Crippen LogP) is -0.339. The molecule has 0 aromatic heterocycles. The Morgan fingerprint density at radius 2 is 2.11 bits per heavy atom. The van der Waals surface area contributed by atoms with Crippen LogP contribution in [-0.4, -0.2) is 30.9 Å². The first-order valence-corrected chi connectivity index (χ1v) is 4.20. The van der Waals surface area contributed by atoms with Gasteiger partial charge in [0.05, 0.1) is 6.10 Å². The van der Waals surface area contributed by atoms with Gasteiger partial charge in [-0.3, -0.25) is 4.55 Å². The van der Waals surface area contributed by atoms with Crippen LogP contribution in [0.15, 0.2) is 0 Å². The van der Waals surface area contributed by atoms with Crippen LogP contribution in [0.2, 0.25) is 0 Å². The number of rotatable bonds is 2. The van der Waals surface area contributed by atoms with Crippen molar-refractivity contribution in [2.75, 3.05) is 5.75 Å². The van der Waals surface area contributed by atoms with Gasteiger partial charge in [-0.2, -0.15) is 8.42 Å². The summed E-state index contributed by atoms with van der Waals surface area (Å²) in [5, 5.41) is 0. The summed E-state index contributed by atoms with van der Waals surface area (Å²) in [7, 11) is -3.82. The quantitative estimate of drug-likeness (QED) is 0.434. The average Bonchev–Trinajstić information content (AvgIpc) is 2.13. The van der Waals surface area contributed by atoms with E-state index in [4.69, 9.17) is 9.29 Å². The Hall–Kier alpha value is -0.130. The smallest absolute Gasteiger partial charge is 0.267 e. The zero-order valence-electron chi connectivity index (χ0n) is 4.94. The van der Waals surface area contributed by atoms with Crippen molar-refractivity contribution in [2.24, 2.45) is 0 Å². The van der Waals surface area contributed by atoms with Crippen molar-refractivity contribution in [1.29, 1.82) is 0 Å². The minimum Gasteiger partial charge on any atom is -0.369 e. The Bertz CT molecular complexity index is 195. The zero-order chi connectivity index (χ0) is 7.07. The molecule has 1 fully saturated rings. The Morgan fingerprint density at radius 3 is 2.22 bits per heavy atom. The summed E-state index contributed by atoms with van der Waals surface area (Å²) >= 11 is 0. The van der Waals surface area contributed by atoms with Gasteiger partial charge in [0, 0.05) is 0 Å². The average molecular weight is 152 g/mol. The molecule has 0 radical (unpaired) electrons. The van der Waals surface area contributed by atoms with E-state index in [0.717, 1.165) is 0 Å². The molecule has 0 aromatic rings. The van der Waals surface area contributed by atoms with E-state index in [1.807, 2.05) is 0 Å². The van der Waals surface area contributed by atoms with E-state index in [1.54, 1.807) is 6.92 Å². The third-order valence-electron chi connectivity index (χ3n) is 1.21. The standard InChI is InChI=1S/C4H8O4S/c1-3-4(8-3)2-9(5,6)7/h3-4H,2H2,1H3,(H,5,6,7). The maximum Gasteiger partial charge on any atom is 0.267 e. The topological polar surface area (TPSA) is 66.9 Å². The molecule has 1 rings (SSSR count). The normalized spacial score (nSPS) is 34.4. The highest BCUT2D eigenvalue weighted by Crippen LogP contribution is 2.21. The van der Waals surface area contributed by atoms with Crippen molar-refractivity contribution >= 4 is 10.1 Å². The van der Waals surface area contributed by atoms with Gasteiger partial charge in [-0.25, -0.2) is 0 Å². The molecular formula is C4H8O4S. The summed E-state index contributed by atoms with van der Waals surface area (Å²) in [5.74, 6) is -0.270. The van der Waals surface area contributed by atoms with E-state index in [0.29, 0.717) is 0 Å². The van der Waals surface area contributed by atoms with Crippen LogP contribution in [0.4, 0.5) is 0 Å². The lowest BCUT2D eigenvalue weighted by Crippen LogP contribution is -2.10. The SMILES string of the molecule is CC1OC1CS(=O)(=O)O. The van der Waals surface area contributed by atoms with Gasteiger partial charge in [0.25, 0.3) is 10.1 Å². The van der Waals surface area contributed by atoms with Crippen LogP contribution in [0.5, 0.6) is 0 Å². The third-order valence-corrected chi connectivity index (χ3v) is 1.96. The number of hydrogen-bond donors (Lipinski definition) is 1. The first-order valence-electron chi connectivity index (χ1n) is 2.59. The van der Waals surface area contributed by atoms with E-state index < -0.39 is 10.1 Å². The van der Waals surface area contributed by atoms with E-state index in [-0.39, 0.29) is 18.0 Å². The fourth-order valence-electron chi connectivity index (χ4n) is 0.613. The first-order chi connectivity index (χ1) is 3.99. The van der Waals surface area contributed by atoms with Gasteiger partial charge in [-0.1, -0.05) is 0 Å². The van der Waals surface area contributed by atoms with Gasteiger partial charge in [0.2, 0.25) is 0 Å². The maximum atomic E-state index is 10.1. The van der Waals surface area contributed by atoms with Gasteiger partial charge < -0.3 is 4.74 Å². The van der Waals surface area contributed by atoms with E-state index in [2.05, 4.69) is 0 Å². The summed E-state index contributed by atoms with van der Waals surface area (Å²) in [6.45, 7) is 1.76. The summed E-state index contributed by atoms with van der Waals surface area (Å²) in [4.78, 5) is 0. The molecule has 2 atom stereocenters. The lowest BCUT2D eigenvalue weighted by Gasteiger charge is -1.87. The van der Waals surface area contributed by atoms with Crippen molar-refractivity contribution in [3.8, 4) is 0 Å². The maximum absolute atomic E-state index is 10.1. The van der Waals surface area contributed by atoms with Gasteiger partial charge >= 0.3 is 0 Å². The van der Waals surface area contributed by atoms with Crippen LogP contribution in [0.3, 0.4) is 0 Å². The Balaban J connectivity index is 2.37. The fraction of sp³-hybridized carbons (Fsp3) is 1.00. The highest BCUT2D eigenvalue weighted by atomic mass is 32.2. The number of epoxide rings is 1. The van der Waals surface area contributed by atoms with Crippen LogP contribution < -0.4 is 0 Å². The van der Waals surface area contributed by atoms with Crippen LogP contribution >= 0.6 is 0 Å². The third kappa shape index (κ3) is 2.30. The highest BCUT2D eigenvalue weighted by Gasteiger charge is 2.37. The second-order valence-electron chi connectivity index (χ2n) is 2.13. The van der Waals surface area contributed by atoms with Crippen LogP contribution in [-0.2, 0) is 14.9 Å². The molecule has 0 bridgehead atoms. The first kappa shape index (κ1) is 6.98. The second kappa shape index (κ2) is 1.93. The number of hydrogen-bond acceptors (Lipinski definition) is 3. The molecule has 0 aliphatic carbocycles. The van der Waals surface area contributed by atoms with E-state index in [9.17, 15) is 8.42 Å². The molecule has 0 saturated carbocycles. The molecule has 54 valence electrons.